The van der Waals surface area contributed by atoms with E-state index < -0.39 is 16.0 Å². The van der Waals surface area contributed by atoms with Gasteiger partial charge in [-0.25, -0.2) is 18.2 Å². The van der Waals surface area contributed by atoms with E-state index in [4.69, 9.17) is 5.11 Å². The van der Waals surface area contributed by atoms with Crippen molar-refractivity contribution in [2.45, 2.75) is 6.42 Å². The fraction of sp³-hybridized carbons (Fsp3) is 0.154. The molecule has 0 aliphatic heterocycles. The molecule has 7 nitrogen and oxygen atoms in total. The molecule has 110 valence electrons. The van der Waals surface area contributed by atoms with Crippen molar-refractivity contribution in [2.24, 2.45) is 0 Å². The standard InChI is InChI=1S/C13H13N3O4S/c17-13(18)11-3-7-15-12(9-11)16-21(19,20)8-4-10-1-5-14-6-2-10/h1-3,5-7,9H,4,8H2,(H,15,16)(H,17,18). The number of hydrogen-bond acceptors (Lipinski definition) is 5. The summed E-state index contributed by atoms with van der Waals surface area (Å²) < 4.78 is 26.1. The van der Waals surface area contributed by atoms with Crippen LogP contribution in [0.2, 0.25) is 0 Å². The van der Waals surface area contributed by atoms with Gasteiger partial charge in [0.1, 0.15) is 5.82 Å². The van der Waals surface area contributed by atoms with E-state index >= 15 is 0 Å². The number of hydrogen-bond donors (Lipinski definition) is 2. The Hall–Kier alpha value is -2.48. The van der Waals surface area contributed by atoms with Crippen LogP contribution in [0.3, 0.4) is 0 Å². The Balaban J connectivity index is 2.04. The van der Waals surface area contributed by atoms with Crippen LogP contribution in [0.25, 0.3) is 0 Å². The van der Waals surface area contributed by atoms with E-state index in [1.165, 1.54) is 18.3 Å². The molecule has 0 unspecified atom stereocenters. The summed E-state index contributed by atoms with van der Waals surface area (Å²) in [6, 6.07) is 5.93. The average molecular weight is 307 g/mol. The van der Waals surface area contributed by atoms with Crippen molar-refractivity contribution >= 4 is 21.8 Å². The van der Waals surface area contributed by atoms with Crippen LogP contribution in [-0.2, 0) is 16.4 Å². The predicted octanol–water partition coefficient (Wildman–Crippen LogP) is 1.16. The predicted molar refractivity (Wildman–Crippen MR) is 76.5 cm³/mol. The second kappa shape index (κ2) is 6.31. The maximum Gasteiger partial charge on any atom is 0.335 e. The van der Waals surface area contributed by atoms with Crippen LogP contribution in [0.5, 0.6) is 0 Å². The summed E-state index contributed by atoms with van der Waals surface area (Å²) in [7, 11) is -3.60. The highest BCUT2D eigenvalue weighted by Crippen LogP contribution is 2.10. The summed E-state index contributed by atoms with van der Waals surface area (Å²) in [5.74, 6) is -1.28. The number of nitrogens with zero attached hydrogens (tertiary/aromatic N) is 2. The third-order valence-electron chi connectivity index (χ3n) is 2.68. The molecule has 2 N–H and O–H groups in total. The van der Waals surface area contributed by atoms with Crippen molar-refractivity contribution in [1.82, 2.24) is 9.97 Å². The van der Waals surface area contributed by atoms with E-state index in [-0.39, 0.29) is 17.1 Å². The molecule has 0 radical (unpaired) electrons. The fourth-order valence-corrected chi connectivity index (χ4v) is 2.67. The van der Waals surface area contributed by atoms with Gasteiger partial charge in [0.05, 0.1) is 11.3 Å². The van der Waals surface area contributed by atoms with Gasteiger partial charge in [0, 0.05) is 18.6 Å². The number of anilines is 1. The van der Waals surface area contributed by atoms with Crippen LogP contribution in [0, 0.1) is 0 Å². The lowest BCUT2D eigenvalue weighted by molar-refractivity contribution is 0.0697. The van der Waals surface area contributed by atoms with Gasteiger partial charge >= 0.3 is 5.97 Å². The lowest BCUT2D eigenvalue weighted by Crippen LogP contribution is -2.19. The summed E-state index contributed by atoms with van der Waals surface area (Å²) in [5.41, 5.74) is 0.819. The molecule has 2 aromatic heterocycles. The van der Waals surface area contributed by atoms with Crippen LogP contribution >= 0.6 is 0 Å². The first kappa shape index (κ1) is 14.9. The van der Waals surface area contributed by atoms with Gasteiger partial charge < -0.3 is 5.11 Å². The zero-order chi connectivity index (χ0) is 15.3. The Morgan fingerprint density at radius 3 is 2.57 bits per heavy atom. The smallest absolute Gasteiger partial charge is 0.335 e. The molecule has 21 heavy (non-hydrogen) atoms. The molecule has 0 amide bonds. The third-order valence-corrected chi connectivity index (χ3v) is 3.94. The Kier molecular flexibility index (Phi) is 4.49. The molecular weight excluding hydrogens is 294 g/mol. The van der Waals surface area contributed by atoms with E-state index in [1.807, 2.05) is 0 Å². The Labute approximate surface area is 121 Å². The topological polar surface area (TPSA) is 109 Å². The maximum atomic E-state index is 11.9. The monoisotopic (exact) mass is 307 g/mol. The number of aryl methyl sites for hydroxylation is 1. The molecule has 0 aliphatic rings. The molecule has 0 saturated carbocycles. The molecule has 0 bridgehead atoms. The number of aromatic nitrogens is 2. The number of carbonyl (C=O) groups is 1. The van der Waals surface area contributed by atoms with Crippen molar-refractivity contribution in [1.29, 1.82) is 0 Å². The van der Waals surface area contributed by atoms with E-state index in [0.717, 1.165) is 5.56 Å². The van der Waals surface area contributed by atoms with Crippen molar-refractivity contribution < 1.29 is 18.3 Å². The first-order valence-electron chi connectivity index (χ1n) is 6.05. The van der Waals surface area contributed by atoms with Crippen LogP contribution < -0.4 is 4.72 Å². The van der Waals surface area contributed by atoms with Crippen molar-refractivity contribution in [3.8, 4) is 0 Å². The maximum absolute atomic E-state index is 11.9. The zero-order valence-corrected chi connectivity index (χ0v) is 11.7. The highest BCUT2D eigenvalue weighted by atomic mass is 32.2. The molecule has 2 heterocycles. The highest BCUT2D eigenvalue weighted by molar-refractivity contribution is 7.92. The molecule has 0 atom stereocenters. The molecule has 0 aliphatic carbocycles. The Morgan fingerprint density at radius 1 is 1.19 bits per heavy atom. The van der Waals surface area contributed by atoms with Gasteiger partial charge in [-0.2, -0.15) is 0 Å². The summed E-state index contributed by atoms with van der Waals surface area (Å²) in [6.07, 6.45) is 4.75. The third kappa shape index (κ3) is 4.53. The van der Waals surface area contributed by atoms with Gasteiger partial charge in [0.25, 0.3) is 0 Å². The lowest BCUT2D eigenvalue weighted by Gasteiger charge is -2.07. The van der Waals surface area contributed by atoms with Crippen LogP contribution in [0.4, 0.5) is 5.82 Å². The number of carboxylic acid groups (broad SMARTS) is 1. The SMILES string of the molecule is O=C(O)c1ccnc(NS(=O)(=O)CCc2ccncc2)c1. The molecule has 0 aromatic carbocycles. The van der Waals surface area contributed by atoms with Gasteiger partial charge in [0.15, 0.2) is 0 Å². The fourth-order valence-electron chi connectivity index (χ4n) is 1.63. The lowest BCUT2D eigenvalue weighted by atomic mass is 10.2. The summed E-state index contributed by atoms with van der Waals surface area (Å²) in [4.78, 5) is 18.5. The first-order chi connectivity index (χ1) is 9.96. The van der Waals surface area contributed by atoms with Gasteiger partial charge in [0.2, 0.25) is 10.0 Å². The van der Waals surface area contributed by atoms with Crippen LogP contribution in [-0.4, -0.2) is 35.2 Å². The largest absolute Gasteiger partial charge is 0.478 e. The zero-order valence-electron chi connectivity index (χ0n) is 10.9. The van der Waals surface area contributed by atoms with E-state index in [2.05, 4.69) is 14.7 Å². The molecule has 0 fully saturated rings. The second-order valence-corrected chi connectivity index (χ2v) is 6.10. The number of pyridine rings is 2. The molecule has 0 saturated heterocycles. The van der Waals surface area contributed by atoms with Crippen molar-refractivity contribution in [3.05, 3.63) is 54.0 Å². The number of aromatic carboxylic acids is 1. The number of carboxylic acids is 1. The van der Waals surface area contributed by atoms with Gasteiger partial charge in [-0.3, -0.25) is 9.71 Å². The highest BCUT2D eigenvalue weighted by Gasteiger charge is 2.13. The second-order valence-electron chi connectivity index (χ2n) is 4.26. The average Bonchev–Trinajstić information content (AvgIpc) is 2.46. The minimum atomic E-state index is -3.60. The van der Waals surface area contributed by atoms with E-state index in [0.29, 0.717) is 6.42 Å². The van der Waals surface area contributed by atoms with Crippen LogP contribution in [0.15, 0.2) is 42.9 Å². The molecular formula is C13H13N3O4S. The Morgan fingerprint density at radius 2 is 1.90 bits per heavy atom. The minimum absolute atomic E-state index is 0.00960. The van der Waals surface area contributed by atoms with Gasteiger partial charge in [-0.15, -0.1) is 0 Å². The quantitative estimate of drug-likeness (QED) is 0.828. The van der Waals surface area contributed by atoms with E-state index in [9.17, 15) is 13.2 Å². The summed E-state index contributed by atoms with van der Waals surface area (Å²) in [6.45, 7) is 0. The van der Waals surface area contributed by atoms with Gasteiger partial charge in [-0.05, 0) is 36.2 Å². The number of sulfonamides is 1. The molecule has 8 heteroatoms. The molecule has 2 aromatic rings. The van der Waals surface area contributed by atoms with Gasteiger partial charge in [-0.1, -0.05) is 0 Å². The Bertz CT molecular complexity index is 732. The van der Waals surface area contributed by atoms with Crippen molar-refractivity contribution in [3.63, 3.8) is 0 Å². The molecule has 2 rings (SSSR count). The van der Waals surface area contributed by atoms with Crippen LogP contribution in [0.1, 0.15) is 15.9 Å². The normalized spacial score (nSPS) is 11.0. The molecule has 0 spiro atoms. The van der Waals surface area contributed by atoms with Crippen molar-refractivity contribution in [2.75, 3.05) is 10.5 Å². The number of rotatable bonds is 6. The summed E-state index contributed by atoms with van der Waals surface area (Å²) in [5, 5.41) is 8.85. The summed E-state index contributed by atoms with van der Waals surface area (Å²) >= 11 is 0. The minimum Gasteiger partial charge on any atom is -0.478 e. The number of nitrogens with one attached hydrogen (secondary N) is 1. The first-order valence-corrected chi connectivity index (χ1v) is 7.70. The van der Waals surface area contributed by atoms with E-state index in [1.54, 1.807) is 24.5 Å².